The van der Waals surface area contributed by atoms with Crippen LogP contribution in [0.4, 0.5) is 5.69 Å². The van der Waals surface area contributed by atoms with Gasteiger partial charge in [-0.2, -0.15) is 0 Å². The molecule has 0 spiro atoms. The molecule has 2 aromatic rings. The Morgan fingerprint density at radius 2 is 1.62 bits per heavy atom. The molecule has 0 heterocycles. The number of amides is 2. The number of aryl methyl sites for hydroxylation is 3. The summed E-state index contributed by atoms with van der Waals surface area (Å²) in [5.41, 5.74) is 4.32. The van der Waals surface area contributed by atoms with Crippen molar-refractivity contribution in [2.24, 2.45) is 0 Å². The van der Waals surface area contributed by atoms with Crippen LogP contribution in [0.25, 0.3) is 0 Å². The molecule has 2 rings (SSSR count). The molecule has 1 N–H and O–H groups in total. The number of hydrogen-bond donors (Lipinski definition) is 1. The Kier molecular flexibility index (Phi) is 8.44. The van der Waals surface area contributed by atoms with Crippen molar-refractivity contribution >= 4 is 27.5 Å². The van der Waals surface area contributed by atoms with Gasteiger partial charge in [0.2, 0.25) is 21.8 Å². The lowest BCUT2D eigenvalue weighted by Crippen LogP contribution is -2.51. The fraction of sp³-hybridized carbons (Fsp3) is 0.417. The highest BCUT2D eigenvalue weighted by Gasteiger charge is 2.30. The number of hydrogen-bond acceptors (Lipinski definition) is 4. The summed E-state index contributed by atoms with van der Waals surface area (Å²) in [4.78, 5) is 27.3. The average Bonchev–Trinajstić information content (AvgIpc) is 2.72. The minimum absolute atomic E-state index is 0.196. The van der Waals surface area contributed by atoms with E-state index in [0.717, 1.165) is 32.8 Å². The minimum Gasteiger partial charge on any atom is -0.355 e. The summed E-state index contributed by atoms with van der Waals surface area (Å²) in [6.07, 6.45) is 1.08. The van der Waals surface area contributed by atoms with Crippen LogP contribution in [-0.4, -0.2) is 50.5 Å². The molecule has 8 heteroatoms. The second kappa shape index (κ2) is 10.6. The Bertz CT molecular complexity index is 1070. The number of nitrogens with zero attached hydrogens (tertiary/aromatic N) is 2. The Balaban J connectivity index is 2.39. The van der Waals surface area contributed by atoms with Gasteiger partial charge in [0.05, 0.1) is 11.9 Å². The van der Waals surface area contributed by atoms with Crippen LogP contribution in [0.3, 0.4) is 0 Å². The zero-order chi connectivity index (χ0) is 24.1. The Morgan fingerprint density at radius 1 is 1.00 bits per heavy atom. The van der Waals surface area contributed by atoms with Crippen LogP contribution in [0.1, 0.15) is 36.1 Å². The number of likely N-dealkylation sites (N-methyl/N-ethyl adjacent to an activating group) is 1. The quantitative estimate of drug-likeness (QED) is 0.625. The standard InChI is InChI=1S/C24H33N3O4S/c1-7-25-24(29)20(5)26(15-21-11-8-17(2)9-12-21)23(28)16-27(32(6,30)31)22-13-10-18(3)19(4)14-22/h8-14,20H,7,15-16H2,1-6H3,(H,25,29)/t20-/m0/s1. The van der Waals surface area contributed by atoms with Crippen LogP contribution in [0.2, 0.25) is 0 Å². The fourth-order valence-electron chi connectivity index (χ4n) is 3.29. The predicted molar refractivity (Wildman–Crippen MR) is 128 cm³/mol. The van der Waals surface area contributed by atoms with Crippen molar-refractivity contribution in [2.45, 2.75) is 47.2 Å². The molecule has 0 aromatic heterocycles. The van der Waals surface area contributed by atoms with Gasteiger partial charge >= 0.3 is 0 Å². The van der Waals surface area contributed by atoms with Crippen molar-refractivity contribution in [2.75, 3.05) is 23.7 Å². The van der Waals surface area contributed by atoms with Crippen LogP contribution in [-0.2, 0) is 26.2 Å². The van der Waals surface area contributed by atoms with Crippen molar-refractivity contribution in [3.63, 3.8) is 0 Å². The van der Waals surface area contributed by atoms with E-state index < -0.39 is 28.5 Å². The lowest BCUT2D eigenvalue weighted by molar-refractivity contribution is -0.139. The number of rotatable bonds is 9. The Labute approximate surface area is 191 Å². The highest BCUT2D eigenvalue weighted by atomic mass is 32.2. The summed E-state index contributed by atoms with van der Waals surface area (Å²) in [6, 6.07) is 12.2. The maximum atomic E-state index is 13.4. The van der Waals surface area contributed by atoms with Gasteiger partial charge in [0.1, 0.15) is 12.6 Å². The van der Waals surface area contributed by atoms with Crippen LogP contribution in [0.5, 0.6) is 0 Å². The molecule has 0 fully saturated rings. The Morgan fingerprint density at radius 3 is 2.16 bits per heavy atom. The van der Waals surface area contributed by atoms with Gasteiger partial charge in [-0.3, -0.25) is 13.9 Å². The Hall–Kier alpha value is -2.87. The molecule has 0 saturated carbocycles. The van der Waals surface area contributed by atoms with Gasteiger partial charge in [0.15, 0.2) is 0 Å². The molecule has 32 heavy (non-hydrogen) atoms. The second-order valence-corrected chi connectivity index (χ2v) is 10.0. The summed E-state index contributed by atoms with van der Waals surface area (Å²) in [6.45, 7) is 9.50. The van der Waals surface area contributed by atoms with Gasteiger partial charge in [-0.1, -0.05) is 35.9 Å². The molecule has 0 saturated heterocycles. The maximum Gasteiger partial charge on any atom is 0.244 e. The maximum absolute atomic E-state index is 13.4. The lowest BCUT2D eigenvalue weighted by Gasteiger charge is -2.31. The van der Waals surface area contributed by atoms with Crippen molar-refractivity contribution in [1.29, 1.82) is 0 Å². The fourth-order valence-corrected chi connectivity index (χ4v) is 4.13. The van der Waals surface area contributed by atoms with E-state index >= 15 is 0 Å². The SMILES string of the molecule is CCNC(=O)[C@H](C)N(Cc1ccc(C)cc1)C(=O)CN(c1ccc(C)c(C)c1)S(C)(=O)=O. The van der Waals surface area contributed by atoms with Crippen molar-refractivity contribution < 1.29 is 18.0 Å². The summed E-state index contributed by atoms with van der Waals surface area (Å²) in [7, 11) is -3.73. The summed E-state index contributed by atoms with van der Waals surface area (Å²) in [5, 5.41) is 2.74. The summed E-state index contributed by atoms with van der Waals surface area (Å²) >= 11 is 0. The van der Waals surface area contributed by atoms with Gasteiger partial charge in [-0.25, -0.2) is 8.42 Å². The second-order valence-electron chi connectivity index (χ2n) is 8.12. The van der Waals surface area contributed by atoms with Crippen molar-refractivity contribution in [3.8, 4) is 0 Å². The van der Waals surface area contributed by atoms with Gasteiger partial charge in [-0.15, -0.1) is 0 Å². The number of nitrogens with one attached hydrogen (secondary N) is 1. The first-order valence-corrected chi connectivity index (χ1v) is 12.5. The highest BCUT2D eigenvalue weighted by Crippen LogP contribution is 2.22. The molecule has 0 bridgehead atoms. The molecular weight excluding hydrogens is 426 g/mol. The molecule has 0 aliphatic carbocycles. The molecule has 0 aliphatic heterocycles. The molecule has 7 nitrogen and oxygen atoms in total. The normalized spacial score (nSPS) is 12.2. The smallest absolute Gasteiger partial charge is 0.244 e. The number of benzene rings is 2. The van der Waals surface area contributed by atoms with E-state index in [2.05, 4.69) is 5.32 Å². The zero-order valence-corrected chi connectivity index (χ0v) is 20.5. The number of carbonyl (C=O) groups excluding carboxylic acids is 2. The molecule has 1 atom stereocenters. The summed E-state index contributed by atoms with van der Waals surface area (Å²) in [5.74, 6) is -0.738. The summed E-state index contributed by atoms with van der Waals surface area (Å²) < 4.78 is 26.2. The van der Waals surface area contributed by atoms with E-state index in [1.807, 2.05) is 58.0 Å². The van der Waals surface area contributed by atoms with Crippen molar-refractivity contribution in [1.82, 2.24) is 10.2 Å². The number of carbonyl (C=O) groups is 2. The average molecular weight is 460 g/mol. The van der Waals surface area contributed by atoms with Gasteiger partial charge in [0, 0.05) is 13.1 Å². The number of anilines is 1. The topological polar surface area (TPSA) is 86.8 Å². The highest BCUT2D eigenvalue weighted by molar-refractivity contribution is 7.92. The molecule has 2 amide bonds. The molecule has 0 unspecified atom stereocenters. The first-order chi connectivity index (χ1) is 14.9. The zero-order valence-electron chi connectivity index (χ0n) is 19.7. The van der Waals surface area contributed by atoms with E-state index in [1.165, 1.54) is 4.90 Å². The van der Waals surface area contributed by atoms with E-state index in [1.54, 1.807) is 19.1 Å². The van der Waals surface area contributed by atoms with Gasteiger partial charge in [0.25, 0.3) is 0 Å². The first-order valence-electron chi connectivity index (χ1n) is 10.6. The van der Waals surface area contributed by atoms with E-state index in [-0.39, 0.29) is 12.5 Å². The third kappa shape index (κ3) is 6.56. The van der Waals surface area contributed by atoms with Gasteiger partial charge < -0.3 is 10.2 Å². The van der Waals surface area contributed by atoms with Crippen LogP contribution in [0.15, 0.2) is 42.5 Å². The monoisotopic (exact) mass is 459 g/mol. The molecule has 0 radical (unpaired) electrons. The predicted octanol–water partition coefficient (Wildman–Crippen LogP) is 2.93. The van der Waals surface area contributed by atoms with E-state index in [0.29, 0.717) is 12.2 Å². The molecular formula is C24H33N3O4S. The molecule has 0 aliphatic rings. The van der Waals surface area contributed by atoms with Crippen molar-refractivity contribution in [3.05, 3.63) is 64.7 Å². The van der Waals surface area contributed by atoms with E-state index in [9.17, 15) is 18.0 Å². The molecule has 174 valence electrons. The minimum atomic E-state index is -3.73. The largest absolute Gasteiger partial charge is 0.355 e. The number of sulfonamides is 1. The van der Waals surface area contributed by atoms with Gasteiger partial charge in [-0.05, 0) is 63.4 Å². The van der Waals surface area contributed by atoms with E-state index in [4.69, 9.17) is 0 Å². The van der Waals surface area contributed by atoms with Crippen LogP contribution < -0.4 is 9.62 Å². The third-order valence-corrected chi connectivity index (χ3v) is 6.59. The van der Waals surface area contributed by atoms with Crippen LogP contribution >= 0.6 is 0 Å². The third-order valence-electron chi connectivity index (χ3n) is 5.45. The lowest BCUT2D eigenvalue weighted by atomic mass is 10.1. The molecule has 2 aromatic carbocycles. The van der Waals surface area contributed by atoms with Crippen LogP contribution in [0, 0.1) is 20.8 Å². The first kappa shape index (κ1) is 25.4.